The van der Waals surface area contributed by atoms with E-state index in [1.807, 2.05) is 0 Å². The van der Waals surface area contributed by atoms with Crippen molar-refractivity contribution in [2.45, 2.75) is 6.67 Å². The highest BCUT2D eigenvalue weighted by Crippen LogP contribution is 2.27. The molecule has 0 fully saturated rings. The maximum Gasteiger partial charge on any atom is 0.296 e. The monoisotopic (exact) mass is 179 g/mol. The zero-order valence-electron chi connectivity index (χ0n) is 6.63. The van der Waals surface area contributed by atoms with E-state index in [2.05, 4.69) is 5.32 Å². The smallest absolute Gasteiger partial charge is 0.296 e. The molecule has 13 heavy (non-hydrogen) atoms. The van der Waals surface area contributed by atoms with E-state index in [4.69, 9.17) is 0 Å². The molecule has 0 aliphatic carbocycles. The minimum Gasteiger partial charge on any atom is -0.318 e. The van der Waals surface area contributed by atoms with Crippen LogP contribution < -0.4 is 5.32 Å². The number of nitrogens with one attached hydrogen (secondary N) is 1. The van der Waals surface area contributed by atoms with Gasteiger partial charge in [0.15, 0.2) is 0 Å². The third kappa shape index (κ3) is 1.02. The topological polar surface area (TPSA) is 46.2 Å². The van der Waals surface area contributed by atoms with Gasteiger partial charge in [-0.25, -0.2) is 4.39 Å². The number of anilines is 1. The molecule has 1 aliphatic heterocycles. The lowest BCUT2D eigenvalue weighted by molar-refractivity contribution is -0.112. The molecule has 3 nitrogen and oxygen atoms in total. The van der Waals surface area contributed by atoms with Crippen LogP contribution in [0.25, 0.3) is 0 Å². The molecular weight excluding hydrogens is 173 g/mol. The fourth-order valence-corrected chi connectivity index (χ4v) is 1.34. The quantitative estimate of drug-likeness (QED) is 0.660. The van der Waals surface area contributed by atoms with Crippen LogP contribution in [-0.2, 0) is 11.5 Å². The number of benzene rings is 1. The SMILES string of the molecule is O=C1Nc2c(CF)cccc2C1=O. The number of fused-ring (bicyclic) bond motifs is 1. The van der Waals surface area contributed by atoms with Crippen LogP contribution in [0.1, 0.15) is 15.9 Å². The fourth-order valence-electron chi connectivity index (χ4n) is 1.34. The molecule has 0 radical (unpaired) electrons. The van der Waals surface area contributed by atoms with Crippen LogP contribution in [0.5, 0.6) is 0 Å². The van der Waals surface area contributed by atoms with Gasteiger partial charge >= 0.3 is 0 Å². The summed E-state index contributed by atoms with van der Waals surface area (Å²) in [7, 11) is 0. The first-order valence-corrected chi connectivity index (χ1v) is 3.77. The second kappa shape index (κ2) is 2.65. The lowest BCUT2D eigenvalue weighted by Crippen LogP contribution is -2.12. The summed E-state index contributed by atoms with van der Waals surface area (Å²) in [6.45, 7) is -0.684. The van der Waals surface area contributed by atoms with Crippen LogP contribution in [0.2, 0.25) is 0 Å². The van der Waals surface area contributed by atoms with E-state index in [1.165, 1.54) is 12.1 Å². The summed E-state index contributed by atoms with van der Waals surface area (Å²) in [5.41, 5.74) is 0.928. The van der Waals surface area contributed by atoms with E-state index in [-0.39, 0.29) is 5.56 Å². The molecular formula is C9H6FNO2. The van der Waals surface area contributed by atoms with Crippen LogP contribution in [0.4, 0.5) is 10.1 Å². The normalized spacial score (nSPS) is 14.2. The van der Waals surface area contributed by atoms with E-state index in [0.717, 1.165) is 0 Å². The van der Waals surface area contributed by atoms with Crippen molar-refractivity contribution in [1.82, 2.24) is 0 Å². The number of halogens is 1. The Morgan fingerprint density at radius 1 is 1.31 bits per heavy atom. The molecule has 0 atom stereocenters. The number of rotatable bonds is 1. The van der Waals surface area contributed by atoms with Crippen LogP contribution in [0, 0.1) is 0 Å². The predicted octanol–water partition coefficient (Wildman–Crippen LogP) is 1.29. The Morgan fingerprint density at radius 3 is 2.77 bits per heavy atom. The molecule has 1 aromatic rings. The number of hydrogen-bond donors (Lipinski definition) is 1. The van der Waals surface area contributed by atoms with E-state index >= 15 is 0 Å². The van der Waals surface area contributed by atoms with Crippen molar-refractivity contribution < 1.29 is 14.0 Å². The Hall–Kier alpha value is -1.71. The highest BCUT2D eigenvalue weighted by molar-refractivity contribution is 6.51. The minimum absolute atomic E-state index is 0.264. The number of carbonyl (C=O) groups is 2. The van der Waals surface area contributed by atoms with Gasteiger partial charge in [-0.1, -0.05) is 12.1 Å². The summed E-state index contributed by atoms with van der Waals surface area (Å²) in [6.07, 6.45) is 0. The maximum atomic E-state index is 12.4. The van der Waals surface area contributed by atoms with Gasteiger partial charge in [0.1, 0.15) is 6.67 Å². The average molecular weight is 179 g/mol. The van der Waals surface area contributed by atoms with Gasteiger partial charge in [-0.2, -0.15) is 0 Å². The molecule has 0 unspecified atom stereocenters. The van der Waals surface area contributed by atoms with Gasteiger partial charge in [0, 0.05) is 5.56 Å². The lowest BCUT2D eigenvalue weighted by atomic mass is 10.1. The molecule has 4 heteroatoms. The first-order valence-electron chi connectivity index (χ1n) is 3.77. The molecule has 0 spiro atoms. The van der Waals surface area contributed by atoms with Crippen molar-refractivity contribution in [1.29, 1.82) is 0 Å². The Bertz CT molecular complexity index is 401. The molecule has 0 saturated heterocycles. The van der Waals surface area contributed by atoms with Crippen LogP contribution >= 0.6 is 0 Å². The first-order chi connectivity index (χ1) is 6.24. The van der Waals surface area contributed by atoms with Crippen LogP contribution in [0.15, 0.2) is 18.2 Å². The number of alkyl halides is 1. The molecule has 1 aromatic carbocycles. The minimum atomic E-state index is -0.684. The second-order valence-corrected chi connectivity index (χ2v) is 2.76. The van der Waals surface area contributed by atoms with Crippen molar-refractivity contribution >= 4 is 17.4 Å². The molecule has 0 aromatic heterocycles. The molecule has 1 heterocycles. The summed E-state index contributed by atoms with van der Waals surface area (Å²) in [5.74, 6) is -1.28. The van der Waals surface area contributed by atoms with Crippen LogP contribution in [-0.4, -0.2) is 11.7 Å². The van der Waals surface area contributed by atoms with Gasteiger partial charge < -0.3 is 5.32 Å². The number of para-hydroxylation sites is 1. The van der Waals surface area contributed by atoms with Crippen LogP contribution in [0.3, 0.4) is 0 Å². The van der Waals surface area contributed by atoms with Gasteiger partial charge in [-0.3, -0.25) is 9.59 Å². The summed E-state index contributed by atoms with van der Waals surface area (Å²) < 4.78 is 12.4. The number of hydrogen-bond acceptors (Lipinski definition) is 2. The highest BCUT2D eigenvalue weighted by atomic mass is 19.1. The Balaban J connectivity index is 2.62. The van der Waals surface area contributed by atoms with Crippen molar-refractivity contribution in [3.8, 4) is 0 Å². The number of Topliss-reactive ketones (excluding diaryl/α,β-unsaturated/α-hetero) is 1. The van der Waals surface area contributed by atoms with Crippen molar-refractivity contribution in [2.75, 3.05) is 5.32 Å². The summed E-state index contributed by atoms with van der Waals surface area (Å²) in [4.78, 5) is 22.0. The lowest BCUT2D eigenvalue weighted by Gasteiger charge is -2.01. The summed E-state index contributed by atoms with van der Waals surface area (Å²) in [5, 5.41) is 2.34. The molecule has 1 aliphatic rings. The number of carbonyl (C=O) groups excluding carboxylic acids is 2. The summed E-state index contributed by atoms with van der Waals surface area (Å²) in [6, 6.07) is 4.61. The molecule has 1 amide bonds. The van der Waals surface area contributed by atoms with Crippen molar-refractivity contribution in [3.63, 3.8) is 0 Å². The Kier molecular flexibility index (Phi) is 1.62. The van der Waals surface area contributed by atoms with Gasteiger partial charge in [-0.05, 0) is 6.07 Å². The number of amides is 1. The fraction of sp³-hybridized carbons (Fsp3) is 0.111. The molecule has 2 rings (SSSR count). The first kappa shape index (κ1) is 7.91. The van der Waals surface area contributed by atoms with E-state index in [9.17, 15) is 14.0 Å². The largest absolute Gasteiger partial charge is 0.318 e. The third-order valence-corrected chi connectivity index (χ3v) is 1.98. The van der Waals surface area contributed by atoms with Gasteiger partial charge in [0.05, 0.1) is 11.3 Å². The van der Waals surface area contributed by atoms with Crippen molar-refractivity contribution in [2.24, 2.45) is 0 Å². The predicted molar refractivity (Wildman–Crippen MR) is 44.2 cm³/mol. The number of ketones is 1. The molecule has 0 bridgehead atoms. The van der Waals surface area contributed by atoms with Gasteiger partial charge in [-0.15, -0.1) is 0 Å². The van der Waals surface area contributed by atoms with E-state index in [1.54, 1.807) is 6.07 Å². The molecule has 66 valence electrons. The third-order valence-electron chi connectivity index (χ3n) is 1.98. The van der Waals surface area contributed by atoms with Crippen molar-refractivity contribution in [3.05, 3.63) is 29.3 Å². The average Bonchev–Trinajstić information content (AvgIpc) is 2.43. The van der Waals surface area contributed by atoms with E-state index < -0.39 is 18.4 Å². The van der Waals surface area contributed by atoms with Gasteiger partial charge in [0.25, 0.3) is 11.7 Å². The van der Waals surface area contributed by atoms with E-state index in [0.29, 0.717) is 11.3 Å². The standard InChI is InChI=1S/C9H6FNO2/c10-4-5-2-1-3-6-7(5)11-9(13)8(6)12/h1-3H,4H2,(H,11,12,13). The zero-order chi connectivity index (χ0) is 9.42. The second-order valence-electron chi connectivity index (χ2n) is 2.76. The molecule has 1 N–H and O–H groups in total. The Labute approximate surface area is 73.6 Å². The summed E-state index contributed by atoms with van der Waals surface area (Å²) >= 11 is 0. The molecule has 0 saturated carbocycles. The maximum absolute atomic E-state index is 12.4. The highest BCUT2D eigenvalue weighted by Gasteiger charge is 2.29. The zero-order valence-corrected chi connectivity index (χ0v) is 6.63. The Morgan fingerprint density at radius 2 is 2.08 bits per heavy atom. The van der Waals surface area contributed by atoms with Gasteiger partial charge in [0.2, 0.25) is 0 Å².